The van der Waals surface area contributed by atoms with Crippen molar-refractivity contribution in [1.82, 2.24) is 25.0 Å². The van der Waals surface area contributed by atoms with Crippen LogP contribution in [0.25, 0.3) is 11.2 Å². The first kappa shape index (κ1) is 30.0. The fourth-order valence-electron chi connectivity index (χ4n) is 4.78. The normalized spacial score (nSPS) is 26.7. The summed E-state index contributed by atoms with van der Waals surface area (Å²) in [5.74, 6) is 0.370. The van der Waals surface area contributed by atoms with E-state index in [0.717, 1.165) is 23.1 Å². The van der Waals surface area contributed by atoms with Gasteiger partial charge >= 0.3 is 19.0 Å². The number of aliphatic hydroxyl groups excluding tert-OH is 2. The van der Waals surface area contributed by atoms with Crippen molar-refractivity contribution in [3.05, 3.63) is 40.7 Å². The highest BCUT2D eigenvalue weighted by Crippen LogP contribution is 2.76. The number of fused-ring (bicyclic) bond motifs is 2. The lowest BCUT2D eigenvalue weighted by molar-refractivity contribution is -0.0551. The number of hydrogen-bond donors (Lipinski definition) is 5. The molecular weight excluding hydrogens is 637 g/mol. The van der Waals surface area contributed by atoms with Crippen LogP contribution in [0.5, 0.6) is 0 Å². The van der Waals surface area contributed by atoms with Crippen LogP contribution in [0.4, 0.5) is 5.82 Å². The SMILES string of the molecule is CN(c1nc(Cl)nc2c1nnn2[C@@H]1O[C@H](COP(=O)(O)C(Cl)(Cl)P(=O)(O)O)[C@@H](O)[C@H]1O)[C@@H]1CCc2ccccc21. The summed E-state index contributed by atoms with van der Waals surface area (Å²) in [7, 11) is -9.06. The van der Waals surface area contributed by atoms with Crippen molar-refractivity contribution < 1.29 is 43.3 Å². The van der Waals surface area contributed by atoms with E-state index in [1.807, 2.05) is 30.1 Å². The first-order chi connectivity index (χ1) is 18.6. The summed E-state index contributed by atoms with van der Waals surface area (Å²) in [5, 5.41) is 29.3. The predicted octanol–water partition coefficient (Wildman–Crippen LogP) is 2.09. The fourth-order valence-corrected chi connectivity index (χ4v) is 7.23. The van der Waals surface area contributed by atoms with E-state index >= 15 is 0 Å². The van der Waals surface area contributed by atoms with Gasteiger partial charge < -0.3 is 39.1 Å². The summed E-state index contributed by atoms with van der Waals surface area (Å²) in [6.45, 7) is -0.929. The minimum absolute atomic E-state index is 0.0227. The Kier molecular flexibility index (Phi) is 8.01. The lowest BCUT2D eigenvalue weighted by Crippen LogP contribution is -2.34. The van der Waals surface area contributed by atoms with E-state index in [1.54, 1.807) is 0 Å². The summed E-state index contributed by atoms with van der Waals surface area (Å²) in [4.78, 5) is 38.8. The maximum atomic E-state index is 12.4. The monoisotopic (exact) mass is 658 g/mol. The van der Waals surface area contributed by atoms with Crippen molar-refractivity contribution in [2.75, 3.05) is 18.6 Å². The Labute approximate surface area is 241 Å². The number of nitrogens with zero attached hydrogens (tertiary/aromatic N) is 6. The number of benzene rings is 1. The number of halogens is 3. The van der Waals surface area contributed by atoms with Gasteiger partial charge in [-0.15, -0.1) is 5.10 Å². The third-order valence-electron chi connectivity index (χ3n) is 6.86. The molecule has 0 radical (unpaired) electrons. The van der Waals surface area contributed by atoms with Crippen molar-refractivity contribution in [2.24, 2.45) is 0 Å². The number of ether oxygens (including phenoxy) is 1. The molecule has 1 saturated heterocycles. The topological polar surface area (TPSA) is 213 Å². The zero-order valence-corrected chi connectivity index (χ0v) is 24.5. The second kappa shape index (κ2) is 10.7. The second-order valence-corrected chi connectivity index (χ2v) is 16.1. The average Bonchev–Trinajstić information content (AvgIpc) is 3.57. The molecule has 2 aromatic heterocycles. The summed E-state index contributed by atoms with van der Waals surface area (Å²) in [5.41, 5.74) is 2.66. The molecule has 15 nitrogen and oxygen atoms in total. The summed E-state index contributed by atoms with van der Waals surface area (Å²) in [6, 6.07) is 8.01. The minimum Gasteiger partial charge on any atom is -0.387 e. The molecule has 1 aliphatic heterocycles. The Morgan fingerprint density at radius 3 is 2.58 bits per heavy atom. The molecule has 5 N–H and O–H groups in total. The van der Waals surface area contributed by atoms with Crippen LogP contribution in [-0.4, -0.2) is 85.6 Å². The number of aryl methyl sites for hydroxylation is 1. The van der Waals surface area contributed by atoms with Crippen LogP contribution in [0.2, 0.25) is 5.28 Å². The molecular formula is C20H23Cl3N6O9P2. The Morgan fingerprint density at radius 2 is 1.88 bits per heavy atom. The second-order valence-electron chi connectivity index (χ2n) is 9.30. The van der Waals surface area contributed by atoms with Crippen LogP contribution in [0.15, 0.2) is 24.3 Å². The molecule has 218 valence electrons. The van der Waals surface area contributed by atoms with Crippen molar-refractivity contribution >= 4 is 67.0 Å². The highest BCUT2D eigenvalue weighted by atomic mass is 35.5. The molecule has 1 aliphatic carbocycles. The minimum atomic E-state index is -5.51. The maximum absolute atomic E-state index is 12.4. The first-order valence-electron chi connectivity index (χ1n) is 11.7. The molecule has 2 aliphatic rings. The Morgan fingerprint density at radius 1 is 1.18 bits per heavy atom. The van der Waals surface area contributed by atoms with Crippen molar-refractivity contribution in [3.63, 3.8) is 0 Å². The van der Waals surface area contributed by atoms with Gasteiger partial charge in [-0.3, -0.25) is 9.13 Å². The van der Waals surface area contributed by atoms with E-state index in [2.05, 4.69) is 26.3 Å². The highest BCUT2D eigenvalue weighted by molar-refractivity contribution is 7.78. The molecule has 3 aromatic rings. The summed E-state index contributed by atoms with van der Waals surface area (Å²) >= 11 is 17.1. The summed E-state index contributed by atoms with van der Waals surface area (Å²) < 4.78 is 31.7. The predicted molar refractivity (Wildman–Crippen MR) is 142 cm³/mol. The van der Waals surface area contributed by atoms with Crippen LogP contribution in [0, 0.1) is 0 Å². The van der Waals surface area contributed by atoms with Gasteiger partial charge in [-0.1, -0.05) is 52.7 Å². The van der Waals surface area contributed by atoms with Gasteiger partial charge in [0.15, 0.2) is 23.2 Å². The number of rotatable bonds is 8. The van der Waals surface area contributed by atoms with Gasteiger partial charge in [-0.2, -0.15) is 14.6 Å². The molecule has 3 heterocycles. The number of alkyl halides is 2. The zero-order chi connectivity index (χ0) is 29.2. The highest BCUT2D eigenvalue weighted by Gasteiger charge is 2.60. The molecule has 0 saturated carbocycles. The molecule has 5 rings (SSSR count). The number of hydrogen-bond acceptors (Lipinski definition) is 11. The first-order valence-corrected chi connectivity index (χ1v) is 16.0. The summed E-state index contributed by atoms with van der Waals surface area (Å²) in [6.07, 6.45) is -4.54. The van der Waals surface area contributed by atoms with Gasteiger partial charge in [-0.25, -0.2) is 0 Å². The number of aromatic nitrogens is 5. The van der Waals surface area contributed by atoms with Crippen LogP contribution < -0.4 is 4.90 Å². The molecule has 40 heavy (non-hydrogen) atoms. The molecule has 1 unspecified atom stereocenters. The lowest BCUT2D eigenvalue weighted by Gasteiger charge is -2.26. The smallest absolute Gasteiger partial charge is 0.376 e. The zero-order valence-electron chi connectivity index (χ0n) is 20.4. The van der Waals surface area contributed by atoms with Crippen molar-refractivity contribution in [2.45, 2.75) is 47.2 Å². The van der Waals surface area contributed by atoms with Crippen LogP contribution in [0.3, 0.4) is 0 Å². The van der Waals surface area contributed by atoms with E-state index in [4.69, 9.17) is 44.1 Å². The van der Waals surface area contributed by atoms with E-state index in [-0.39, 0.29) is 22.5 Å². The van der Waals surface area contributed by atoms with Gasteiger partial charge in [0.2, 0.25) is 5.28 Å². The van der Waals surface area contributed by atoms with Crippen molar-refractivity contribution in [3.8, 4) is 0 Å². The molecule has 1 fully saturated rings. The van der Waals surface area contributed by atoms with E-state index in [0.29, 0.717) is 5.82 Å². The average molecular weight is 660 g/mol. The van der Waals surface area contributed by atoms with Gasteiger partial charge in [0.05, 0.1) is 12.6 Å². The molecule has 0 spiro atoms. The molecule has 20 heteroatoms. The van der Waals surface area contributed by atoms with Gasteiger partial charge in [0.1, 0.15) is 18.3 Å². The molecule has 0 amide bonds. The maximum Gasteiger partial charge on any atom is 0.376 e. The largest absolute Gasteiger partial charge is 0.387 e. The Balaban J connectivity index is 1.40. The third-order valence-corrected chi connectivity index (χ3v) is 13.1. The molecule has 0 bridgehead atoms. The van der Waals surface area contributed by atoms with Gasteiger partial charge in [0, 0.05) is 7.05 Å². The third kappa shape index (κ3) is 5.06. The van der Waals surface area contributed by atoms with Crippen molar-refractivity contribution in [1.29, 1.82) is 0 Å². The van der Waals surface area contributed by atoms with Crippen LogP contribution in [0.1, 0.15) is 29.8 Å². The Hall–Kier alpha value is -1.45. The van der Waals surface area contributed by atoms with Gasteiger partial charge in [-0.05, 0) is 35.6 Å². The Bertz CT molecular complexity index is 1540. The fraction of sp³-hybridized carbons (Fsp3) is 0.500. The lowest BCUT2D eigenvalue weighted by atomic mass is 10.1. The molecule has 1 aromatic carbocycles. The van der Waals surface area contributed by atoms with Crippen LogP contribution >= 0.6 is 50.0 Å². The van der Waals surface area contributed by atoms with E-state index < -0.39 is 50.2 Å². The standard InChI is InChI=1S/C20H23Cl3N6O9P2/c1-28(11-7-6-9-4-2-3-5-10(9)11)16-13-17(25-19(21)24-16)29(27-26-13)18-15(31)14(30)12(38-18)8-37-40(35,36)20(22,23)39(32,33)34/h2-5,11-12,14-15,18,30-31H,6-8H2,1H3,(H,35,36)(H2,32,33,34)/t11-,12-,14-,15-,18-/m1/s1. The number of anilines is 1. The number of aliphatic hydroxyl groups is 2. The van der Waals surface area contributed by atoms with Crippen LogP contribution in [-0.2, 0) is 24.8 Å². The quantitative estimate of drug-likeness (QED) is 0.133. The van der Waals surface area contributed by atoms with E-state index in [9.17, 15) is 34.0 Å². The van der Waals surface area contributed by atoms with Gasteiger partial charge in [0.25, 0.3) is 0 Å². The van der Waals surface area contributed by atoms with E-state index in [1.165, 1.54) is 5.56 Å². The molecule has 6 atom stereocenters.